The van der Waals surface area contributed by atoms with E-state index in [1.807, 2.05) is 19.0 Å². The summed E-state index contributed by atoms with van der Waals surface area (Å²) in [5.74, 6) is 2.57. The minimum Gasteiger partial charge on any atom is -0.371 e. The number of hydrogen-bond acceptors (Lipinski definition) is 6. The van der Waals surface area contributed by atoms with Gasteiger partial charge in [-0.3, -0.25) is 0 Å². The zero-order valence-corrected chi connectivity index (χ0v) is 16.6. The van der Waals surface area contributed by atoms with Gasteiger partial charge in [-0.2, -0.15) is 4.98 Å². The highest BCUT2D eigenvalue weighted by molar-refractivity contribution is 5.54. The minimum atomic E-state index is 0.658. The van der Waals surface area contributed by atoms with Crippen LogP contribution in [0.1, 0.15) is 17.7 Å². The molecule has 4 rings (SSSR count). The van der Waals surface area contributed by atoms with Gasteiger partial charge in [-0.1, -0.05) is 18.2 Å². The lowest BCUT2D eigenvalue weighted by molar-refractivity contribution is 0.573. The first-order valence-corrected chi connectivity index (χ1v) is 9.91. The number of anilines is 3. The van der Waals surface area contributed by atoms with Crippen LogP contribution in [0.5, 0.6) is 0 Å². The maximum atomic E-state index is 4.90. The van der Waals surface area contributed by atoms with Crippen molar-refractivity contribution in [3.63, 3.8) is 0 Å². The lowest BCUT2D eigenvalue weighted by Gasteiger charge is -2.29. The topological polar surface area (TPSA) is 47.5 Å². The number of fused-ring (bicyclic) bond motifs is 1. The van der Waals surface area contributed by atoms with Crippen LogP contribution in [0.3, 0.4) is 0 Å². The first-order valence-electron chi connectivity index (χ1n) is 9.91. The largest absolute Gasteiger partial charge is 0.371 e. The molecule has 2 aromatic rings. The Kier molecular flexibility index (Phi) is 5.16. The lowest BCUT2D eigenvalue weighted by atomic mass is 10.1. The van der Waals surface area contributed by atoms with Gasteiger partial charge in [0.25, 0.3) is 0 Å². The highest BCUT2D eigenvalue weighted by atomic mass is 15.3. The molecule has 0 radical (unpaired) electrons. The Hall–Kier alpha value is -2.34. The molecule has 1 N–H and O–H groups in total. The molecule has 0 unspecified atom stereocenters. The zero-order chi connectivity index (χ0) is 18.8. The summed E-state index contributed by atoms with van der Waals surface area (Å²) in [6.07, 6.45) is 2.23. The van der Waals surface area contributed by atoms with Gasteiger partial charge in [-0.25, -0.2) is 4.98 Å². The number of aromatic nitrogens is 2. The van der Waals surface area contributed by atoms with Crippen molar-refractivity contribution in [1.29, 1.82) is 0 Å². The van der Waals surface area contributed by atoms with Crippen molar-refractivity contribution in [2.75, 3.05) is 62.0 Å². The van der Waals surface area contributed by atoms with Crippen molar-refractivity contribution in [3.8, 4) is 0 Å². The van der Waals surface area contributed by atoms with E-state index in [4.69, 9.17) is 9.97 Å². The summed E-state index contributed by atoms with van der Waals surface area (Å²) in [6.45, 7) is 5.13. The van der Waals surface area contributed by atoms with Gasteiger partial charge >= 0.3 is 0 Å². The molecule has 6 heteroatoms. The van der Waals surface area contributed by atoms with Crippen LogP contribution in [0.25, 0.3) is 0 Å². The summed E-state index contributed by atoms with van der Waals surface area (Å²) < 4.78 is 0. The minimum absolute atomic E-state index is 0.658. The van der Waals surface area contributed by atoms with Gasteiger partial charge in [0.1, 0.15) is 5.82 Å². The molecule has 2 aliphatic rings. The van der Waals surface area contributed by atoms with Gasteiger partial charge in [-0.15, -0.1) is 0 Å². The van der Waals surface area contributed by atoms with Gasteiger partial charge in [0.2, 0.25) is 5.95 Å². The van der Waals surface area contributed by atoms with E-state index in [-0.39, 0.29) is 0 Å². The van der Waals surface area contributed by atoms with Crippen LogP contribution in [-0.2, 0) is 13.0 Å². The Morgan fingerprint density at radius 1 is 1.15 bits per heavy atom. The SMILES string of the molecule is CN(C)c1nc2c(c(N(C)C[C@@H]3CCN(c4ccccc4)C3)n1)CCNC2. The predicted octanol–water partition coefficient (Wildman–Crippen LogP) is 2.15. The number of hydrogen-bond donors (Lipinski definition) is 1. The molecule has 144 valence electrons. The van der Waals surface area contributed by atoms with Crippen LogP contribution < -0.4 is 20.0 Å². The van der Waals surface area contributed by atoms with Crippen LogP contribution in [0.2, 0.25) is 0 Å². The van der Waals surface area contributed by atoms with E-state index in [1.54, 1.807) is 0 Å². The van der Waals surface area contributed by atoms with E-state index in [1.165, 1.54) is 17.7 Å². The normalized spacial score (nSPS) is 19.1. The molecule has 1 atom stereocenters. The number of benzene rings is 1. The monoisotopic (exact) mass is 366 g/mol. The number of para-hydroxylation sites is 1. The standard InChI is InChI=1S/C21H30N6/c1-25(2)21-23-19-13-22-11-9-18(19)20(24-21)26(3)14-16-10-12-27(15-16)17-7-5-4-6-8-17/h4-8,16,22H,9-15H2,1-3H3/t16-/m0/s1. The Bertz CT molecular complexity index is 776. The summed E-state index contributed by atoms with van der Waals surface area (Å²) >= 11 is 0. The van der Waals surface area contributed by atoms with Crippen molar-refractivity contribution < 1.29 is 0 Å². The fourth-order valence-electron chi connectivity index (χ4n) is 4.17. The van der Waals surface area contributed by atoms with Crippen LogP contribution in [0, 0.1) is 5.92 Å². The fourth-order valence-corrected chi connectivity index (χ4v) is 4.17. The van der Waals surface area contributed by atoms with Crippen molar-refractivity contribution in [2.24, 2.45) is 5.92 Å². The molecule has 2 aliphatic heterocycles. The summed E-state index contributed by atoms with van der Waals surface area (Å²) in [5, 5.41) is 3.44. The third-order valence-corrected chi connectivity index (χ3v) is 5.60. The predicted molar refractivity (Wildman–Crippen MR) is 112 cm³/mol. The molecular formula is C21H30N6. The highest BCUT2D eigenvalue weighted by Gasteiger charge is 2.26. The zero-order valence-electron chi connectivity index (χ0n) is 16.6. The van der Waals surface area contributed by atoms with Crippen molar-refractivity contribution in [2.45, 2.75) is 19.4 Å². The third-order valence-electron chi connectivity index (χ3n) is 5.60. The molecule has 27 heavy (non-hydrogen) atoms. The molecule has 6 nitrogen and oxygen atoms in total. The fraction of sp³-hybridized carbons (Fsp3) is 0.524. The third kappa shape index (κ3) is 3.86. The molecule has 1 fully saturated rings. The van der Waals surface area contributed by atoms with Gasteiger partial charge in [0.05, 0.1) is 5.69 Å². The average Bonchev–Trinajstić information content (AvgIpc) is 3.16. The Morgan fingerprint density at radius 2 is 1.96 bits per heavy atom. The quantitative estimate of drug-likeness (QED) is 0.875. The van der Waals surface area contributed by atoms with Crippen LogP contribution in [0.4, 0.5) is 17.5 Å². The second-order valence-corrected chi connectivity index (χ2v) is 7.91. The van der Waals surface area contributed by atoms with Crippen LogP contribution in [0.15, 0.2) is 30.3 Å². The molecular weight excluding hydrogens is 336 g/mol. The molecule has 3 heterocycles. The molecule has 1 saturated heterocycles. The van der Waals surface area contributed by atoms with E-state index in [0.29, 0.717) is 5.92 Å². The summed E-state index contributed by atoms with van der Waals surface area (Å²) in [4.78, 5) is 16.5. The van der Waals surface area contributed by atoms with Crippen molar-refractivity contribution in [1.82, 2.24) is 15.3 Å². The van der Waals surface area contributed by atoms with Gasteiger partial charge in [-0.05, 0) is 37.4 Å². The molecule has 0 saturated carbocycles. The van der Waals surface area contributed by atoms with Crippen molar-refractivity contribution >= 4 is 17.5 Å². The van der Waals surface area contributed by atoms with Gasteiger partial charge in [0, 0.05) is 58.6 Å². The van der Waals surface area contributed by atoms with Crippen LogP contribution >= 0.6 is 0 Å². The maximum absolute atomic E-state index is 4.90. The van der Waals surface area contributed by atoms with E-state index in [0.717, 1.165) is 56.6 Å². The van der Waals surface area contributed by atoms with Gasteiger partial charge < -0.3 is 20.0 Å². The van der Waals surface area contributed by atoms with Crippen LogP contribution in [-0.4, -0.2) is 57.3 Å². The second-order valence-electron chi connectivity index (χ2n) is 7.91. The maximum Gasteiger partial charge on any atom is 0.227 e. The number of nitrogens with one attached hydrogen (secondary N) is 1. The summed E-state index contributed by atoms with van der Waals surface area (Å²) in [6, 6.07) is 10.8. The lowest BCUT2D eigenvalue weighted by Crippen LogP contribution is -2.33. The number of nitrogens with zero attached hydrogens (tertiary/aromatic N) is 5. The molecule has 1 aromatic heterocycles. The second kappa shape index (κ2) is 7.72. The number of rotatable bonds is 5. The molecule has 0 bridgehead atoms. The highest BCUT2D eigenvalue weighted by Crippen LogP contribution is 2.28. The first kappa shape index (κ1) is 18.0. The van der Waals surface area contributed by atoms with E-state index in [9.17, 15) is 0 Å². The summed E-state index contributed by atoms with van der Waals surface area (Å²) in [5.41, 5.74) is 3.81. The Morgan fingerprint density at radius 3 is 2.74 bits per heavy atom. The Labute approximate surface area is 162 Å². The summed E-state index contributed by atoms with van der Waals surface area (Å²) in [7, 11) is 6.21. The van der Waals surface area contributed by atoms with E-state index >= 15 is 0 Å². The first-order chi connectivity index (χ1) is 13.1. The Balaban J connectivity index is 1.50. The molecule has 0 aliphatic carbocycles. The van der Waals surface area contributed by atoms with E-state index < -0.39 is 0 Å². The van der Waals surface area contributed by atoms with E-state index in [2.05, 4.69) is 52.5 Å². The molecule has 0 spiro atoms. The van der Waals surface area contributed by atoms with Crippen molar-refractivity contribution in [3.05, 3.63) is 41.6 Å². The molecule has 0 amide bonds. The molecule has 1 aromatic carbocycles. The van der Waals surface area contributed by atoms with Gasteiger partial charge in [0.15, 0.2) is 0 Å². The smallest absolute Gasteiger partial charge is 0.227 e. The average molecular weight is 367 g/mol.